The van der Waals surface area contributed by atoms with Crippen LogP contribution in [-0.4, -0.2) is 30.1 Å². The number of hydrogen-bond acceptors (Lipinski definition) is 4. The number of nitrogens with zero attached hydrogens (tertiary/aromatic N) is 3. The van der Waals surface area contributed by atoms with Crippen molar-refractivity contribution in [2.24, 2.45) is 0 Å². The first-order valence-electron chi connectivity index (χ1n) is 6.15. The highest BCUT2D eigenvalue weighted by Gasteiger charge is 2.10. The summed E-state index contributed by atoms with van der Waals surface area (Å²) in [5, 5.41) is 3.03. The predicted molar refractivity (Wildman–Crippen MR) is 66.9 cm³/mol. The average molecular weight is 220 g/mol. The van der Waals surface area contributed by atoms with E-state index >= 15 is 0 Å². The molecule has 0 aromatic carbocycles. The van der Waals surface area contributed by atoms with Crippen molar-refractivity contribution < 1.29 is 0 Å². The van der Waals surface area contributed by atoms with Gasteiger partial charge in [-0.1, -0.05) is 19.3 Å². The van der Waals surface area contributed by atoms with E-state index in [1.165, 1.54) is 32.1 Å². The zero-order valence-corrected chi connectivity index (χ0v) is 9.95. The Bertz CT molecular complexity index is 319. The SMILES string of the molecule is CNc1cncc(N2CCCCCCC2)n1. The highest BCUT2D eigenvalue weighted by molar-refractivity contribution is 5.43. The highest BCUT2D eigenvalue weighted by Crippen LogP contribution is 2.17. The van der Waals surface area contributed by atoms with Crippen LogP contribution in [0.25, 0.3) is 0 Å². The Hall–Kier alpha value is -1.32. The van der Waals surface area contributed by atoms with Crippen LogP contribution in [0.2, 0.25) is 0 Å². The highest BCUT2D eigenvalue weighted by atomic mass is 15.2. The van der Waals surface area contributed by atoms with Gasteiger partial charge in [0.25, 0.3) is 0 Å². The van der Waals surface area contributed by atoms with Gasteiger partial charge in [0, 0.05) is 20.1 Å². The average Bonchev–Trinajstić information content (AvgIpc) is 2.29. The van der Waals surface area contributed by atoms with Crippen LogP contribution in [0.15, 0.2) is 12.4 Å². The second-order valence-electron chi connectivity index (χ2n) is 4.27. The lowest BCUT2D eigenvalue weighted by atomic mass is 10.1. The molecule has 0 atom stereocenters. The van der Waals surface area contributed by atoms with Crippen molar-refractivity contribution >= 4 is 11.6 Å². The first kappa shape index (κ1) is 11.2. The molecule has 4 nitrogen and oxygen atoms in total. The Morgan fingerprint density at radius 2 is 1.75 bits per heavy atom. The normalized spacial score (nSPS) is 17.7. The molecule has 1 aliphatic rings. The van der Waals surface area contributed by atoms with Crippen LogP contribution >= 0.6 is 0 Å². The van der Waals surface area contributed by atoms with Crippen LogP contribution in [0.3, 0.4) is 0 Å². The molecule has 1 N–H and O–H groups in total. The van der Waals surface area contributed by atoms with Crippen LogP contribution in [-0.2, 0) is 0 Å². The minimum atomic E-state index is 0.847. The van der Waals surface area contributed by atoms with Crippen molar-refractivity contribution in [1.29, 1.82) is 0 Å². The smallest absolute Gasteiger partial charge is 0.149 e. The summed E-state index contributed by atoms with van der Waals surface area (Å²) in [6.45, 7) is 2.23. The van der Waals surface area contributed by atoms with E-state index in [1.54, 1.807) is 6.20 Å². The summed E-state index contributed by atoms with van der Waals surface area (Å²) in [6, 6.07) is 0. The molecule has 4 heteroatoms. The summed E-state index contributed by atoms with van der Waals surface area (Å²) < 4.78 is 0. The Balaban J connectivity index is 2.07. The van der Waals surface area contributed by atoms with Crippen LogP contribution in [0.5, 0.6) is 0 Å². The summed E-state index contributed by atoms with van der Waals surface area (Å²) in [4.78, 5) is 11.1. The zero-order chi connectivity index (χ0) is 11.2. The lowest BCUT2D eigenvalue weighted by molar-refractivity contribution is 0.553. The fourth-order valence-electron chi connectivity index (χ4n) is 2.11. The van der Waals surface area contributed by atoms with Crippen LogP contribution in [0, 0.1) is 0 Å². The second kappa shape index (κ2) is 5.68. The van der Waals surface area contributed by atoms with Gasteiger partial charge in [-0.2, -0.15) is 0 Å². The van der Waals surface area contributed by atoms with E-state index in [1.807, 2.05) is 13.2 Å². The van der Waals surface area contributed by atoms with Crippen molar-refractivity contribution in [3.05, 3.63) is 12.4 Å². The first-order chi connectivity index (χ1) is 7.90. The maximum absolute atomic E-state index is 4.54. The Morgan fingerprint density at radius 3 is 2.44 bits per heavy atom. The lowest BCUT2D eigenvalue weighted by Gasteiger charge is -2.25. The summed E-state index contributed by atoms with van der Waals surface area (Å²) in [7, 11) is 1.88. The summed E-state index contributed by atoms with van der Waals surface area (Å²) in [6.07, 6.45) is 10.2. The van der Waals surface area contributed by atoms with Crippen LogP contribution in [0.4, 0.5) is 11.6 Å². The van der Waals surface area contributed by atoms with Gasteiger partial charge in [0.1, 0.15) is 11.6 Å². The third kappa shape index (κ3) is 2.84. The van der Waals surface area contributed by atoms with E-state index in [9.17, 15) is 0 Å². The summed E-state index contributed by atoms with van der Waals surface area (Å²) >= 11 is 0. The third-order valence-corrected chi connectivity index (χ3v) is 3.06. The molecule has 88 valence electrons. The van der Waals surface area contributed by atoms with Crippen molar-refractivity contribution in [3.8, 4) is 0 Å². The van der Waals surface area contributed by atoms with Crippen molar-refractivity contribution in [3.63, 3.8) is 0 Å². The van der Waals surface area contributed by atoms with Gasteiger partial charge in [0.05, 0.1) is 12.4 Å². The van der Waals surface area contributed by atoms with Crippen LogP contribution < -0.4 is 10.2 Å². The first-order valence-corrected chi connectivity index (χ1v) is 6.15. The van der Waals surface area contributed by atoms with E-state index in [4.69, 9.17) is 0 Å². The molecule has 16 heavy (non-hydrogen) atoms. The molecule has 1 aromatic heterocycles. The molecule has 1 saturated heterocycles. The van der Waals surface area contributed by atoms with Gasteiger partial charge in [0.2, 0.25) is 0 Å². The van der Waals surface area contributed by atoms with Crippen molar-refractivity contribution in [1.82, 2.24) is 9.97 Å². The molecule has 0 spiro atoms. The maximum Gasteiger partial charge on any atom is 0.149 e. The third-order valence-electron chi connectivity index (χ3n) is 3.06. The quantitative estimate of drug-likeness (QED) is 0.830. The van der Waals surface area contributed by atoms with Gasteiger partial charge in [-0.15, -0.1) is 0 Å². The van der Waals surface area contributed by atoms with E-state index in [2.05, 4.69) is 20.2 Å². The fourth-order valence-corrected chi connectivity index (χ4v) is 2.11. The standard InChI is InChI=1S/C12H20N4/c1-13-11-9-14-10-12(15-11)16-7-5-3-2-4-6-8-16/h9-10H,2-8H2,1H3,(H,13,15). The second-order valence-corrected chi connectivity index (χ2v) is 4.27. The molecule has 1 fully saturated rings. The number of anilines is 2. The van der Waals surface area contributed by atoms with Crippen molar-refractivity contribution in [2.75, 3.05) is 30.4 Å². The van der Waals surface area contributed by atoms with Crippen molar-refractivity contribution in [2.45, 2.75) is 32.1 Å². The predicted octanol–water partition coefficient (Wildman–Crippen LogP) is 2.29. The monoisotopic (exact) mass is 220 g/mol. The largest absolute Gasteiger partial charge is 0.372 e. The van der Waals surface area contributed by atoms with E-state index < -0.39 is 0 Å². The minimum Gasteiger partial charge on any atom is -0.372 e. The molecule has 0 bridgehead atoms. The number of hydrogen-bond donors (Lipinski definition) is 1. The number of nitrogens with one attached hydrogen (secondary N) is 1. The molecule has 0 radical (unpaired) electrons. The van der Waals surface area contributed by atoms with E-state index in [0.717, 1.165) is 24.7 Å². The Kier molecular flexibility index (Phi) is 3.97. The molecule has 0 unspecified atom stereocenters. The maximum atomic E-state index is 4.54. The van der Waals surface area contributed by atoms with Gasteiger partial charge in [-0.05, 0) is 12.8 Å². The van der Waals surface area contributed by atoms with Gasteiger partial charge in [-0.25, -0.2) is 4.98 Å². The van der Waals surface area contributed by atoms with Gasteiger partial charge >= 0.3 is 0 Å². The molecular formula is C12H20N4. The number of aromatic nitrogens is 2. The van der Waals surface area contributed by atoms with E-state index in [-0.39, 0.29) is 0 Å². The molecule has 2 heterocycles. The molecule has 0 amide bonds. The summed E-state index contributed by atoms with van der Waals surface area (Å²) in [5.41, 5.74) is 0. The lowest BCUT2D eigenvalue weighted by Crippen LogP contribution is -2.28. The zero-order valence-electron chi connectivity index (χ0n) is 9.95. The molecule has 1 aromatic rings. The topological polar surface area (TPSA) is 41.1 Å². The number of rotatable bonds is 2. The molecular weight excluding hydrogens is 200 g/mol. The van der Waals surface area contributed by atoms with Crippen LogP contribution in [0.1, 0.15) is 32.1 Å². The molecule has 0 aliphatic carbocycles. The fraction of sp³-hybridized carbons (Fsp3) is 0.667. The van der Waals surface area contributed by atoms with Gasteiger partial charge in [-0.3, -0.25) is 4.98 Å². The molecule has 0 saturated carbocycles. The Labute approximate surface area is 97.1 Å². The molecule has 1 aliphatic heterocycles. The summed E-state index contributed by atoms with van der Waals surface area (Å²) in [5.74, 6) is 1.85. The van der Waals surface area contributed by atoms with E-state index in [0.29, 0.717) is 0 Å². The minimum absolute atomic E-state index is 0.847. The van der Waals surface area contributed by atoms with Gasteiger partial charge < -0.3 is 10.2 Å². The molecule has 2 rings (SSSR count). The Morgan fingerprint density at radius 1 is 1.06 bits per heavy atom. The van der Waals surface area contributed by atoms with Gasteiger partial charge in [0.15, 0.2) is 0 Å².